The fraction of sp³-hybridized carbons (Fsp3) is 0.196. The van der Waals surface area contributed by atoms with Crippen molar-refractivity contribution in [2.75, 3.05) is 5.73 Å². The molecule has 0 unspecified atom stereocenters. The molecule has 0 saturated carbocycles. The monoisotopic (exact) mass is 1030 g/mol. The number of anilines is 1. The number of rotatable bonds is 8. The van der Waals surface area contributed by atoms with Crippen molar-refractivity contribution >= 4 is 49.2 Å². The summed E-state index contributed by atoms with van der Waals surface area (Å²) in [5, 5.41) is 47.0. The van der Waals surface area contributed by atoms with Crippen LogP contribution in [0.3, 0.4) is 0 Å². The van der Waals surface area contributed by atoms with Crippen molar-refractivity contribution < 1.29 is 4.92 Å². The van der Waals surface area contributed by atoms with Crippen molar-refractivity contribution in [1.29, 1.82) is 5.41 Å². The van der Waals surface area contributed by atoms with Gasteiger partial charge in [0, 0.05) is 52.5 Å². The third-order valence-corrected chi connectivity index (χ3v) is 9.43. The van der Waals surface area contributed by atoms with Crippen LogP contribution in [-0.4, -0.2) is 80.8 Å². The van der Waals surface area contributed by atoms with Gasteiger partial charge in [-0.05, 0) is 121 Å². The van der Waals surface area contributed by atoms with E-state index in [1.54, 1.807) is 53.9 Å². The molecule has 0 bridgehead atoms. The summed E-state index contributed by atoms with van der Waals surface area (Å²) in [7, 11) is 0. The lowest BCUT2D eigenvalue weighted by molar-refractivity contribution is -0.389. The van der Waals surface area contributed by atoms with E-state index >= 15 is 0 Å². The van der Waals surface area contributed by atoms with Crippen LogP contribution in [-0.2, 0) is 0 Å². The maximum absolute atomic E-state index is 10.1. The van der Waals surface area contributed by atoms with E-state index in [-0.39, 0.29) is 11.9 Å². The van der Waals surface area contributed by atoms with Crippen LogP contribution >= 0.6 is 31.9 Å². The van der Waals surface area contributed by atoms with Gasteiger partial charge in [-0.2, -0.15) is 20.5 Å². The molecule has 9 rings (SSSR count). The average Bonchev–Trinajstić information content (AvgIpc) is 4.19. The largest absolute Gasteiger partial charge is 0.384 e. The van der Waals surface area contributed by atoms with Gasteiger partial charge < -0.3 is 15.8 Å². The Kier molecular flexibility index (Phi) is 21.4. The molecule has 7 heterocycles. The molecule has 19 nitrogen and oxygen atoms in total. The molecule has 0 aliphatic rings. The Morgan fingerprint density at radius 2 is 1.19 bits per heavy atom. The molecule has 0 amide bonds. The normalized spacial score (nSPS) is 10.1. The Morgan fingerprint density at radius 3 is 1.64 bits per heavy atom. The number of nitrogens with zero attached hydrogens (tertiary/aromatic N) is 14. The maximum atomic E-state index is 10.1. The summed E-state index contributed by atoms with van der Waals surface area (Å²) in [5.41, 5.74) is 11.8. The molecule has 0 fully saturated rings. The number of halogens is 2. The first-order valence-electron chi connectivity index (χ1n) is 20.7. The van der Waals surface area contributed by atoms with Gasteiger partial charge in [-0.25, -0.2) is 14.6 Å². The topological polar surface area (TPSA) is 252 Å². The standard InChI is InChI=1S/C13H11N.C11H12BrN3.C10H13N5.C5H3BrN2O2.C5H9N3.C2H3N3/c14-13(11-7-3-1-4-8-11)12-9-5-2-6-10-12;1-8(2)15-10(6-7-13-15)9-4-3-5-11(12)14-9;1-7(2)15-9(6-12-14-15)8-4-3-5-10(11)13-8;6-4-2-1-3-5(7-4)8(9)10;1-5(2)8-4-3-6-7-8;1-2-4-5-3-1/h1-10,14H;3-8H,1-2H3;3-7H,1-2H3,(H2,11,13);1-3H;3-5H,1-2H3;1-2H,(H,3,4,5). The molecule has 4 N–H and O–H groups in total. The summed E-state index contributed by atoms with van der Waals surface area (Å²) in [6, 6.07) is 38.5. The fourth-order valence-electron chi connectivity index (χ4n) is 5.42. The van der Waals surface area contributed by atoms with E-state index in [2.05, 4.69) is 116 Å². The first-order valence-corrected chi connectivity index (χ1v) is 22.2. The van der Waals surface area contributed by atoms with E-state index in [0.29, 0.717) is 28.2 Å². The van der Waals surface area contributed by atoms with E-state index in [0.717, 1.165) is 38.5 Å². The van der Waals surface area contributed by atoms with Gasteiger partial charge in [-0.15, -0.1) is 10.2 Å². The van der Waals surface area contributed by atoms with Crippen LogP contribution in [0.25, 0.3) is 22.8 Å². The Balaban J connectivity index is 0.000000181. The fourth-order valence-corrected chi connectivity index (χ4v) is 6.09. The van der Waals surface area contributed by atoms with Crippen LogP contribution in [0.1, 0.15) is 70.8 Å². The number of nitrogens with one attached hydrogen (secondary N) is 2. The summed E-state index contributed by atoms with van der Waals surface area (Å²) >= 11 is 6.38. The molecule has 2 aromatic carbocycles. The first kappa shape index (κ1) is 52.0. The van der Waals surface area contributed by atoms with Gasteiger partial charge in [0.25, 0.3) is 0 Å². The second kappa shape index (κ2) is 27.6. The Bertz CT molecular complexity index is 2630. The highest BCUT2D eigenvalue weighted by Gasteiger charge is 2.11. The number of benzene rings is 2. The molecule has 346 valence electrons. The molecular formula is C46H51Br2N17O2. The minimum absolute atomic E-state index is 0.144. The quantitative estimate of drug-likeness (QED) is 0.0555. The summed E-state index contributed by atoms with van der Waals surface area (Å²) < 4.78 is 6.91. The number of nitrogens with two attached hydrogens (primary N) is 1. The zero-order valence-electron chi connectivity index (χ0n) is 37.7. The van der Waals surface area contributed by atoms with Crippen molar-refractivity contribution in [2.24, 2.45) is 0 Å². The molecule has 0 saturated heterocycles. The van der Waals surface area contributed by atoms with E-state index in [1.807, 2.05) is 126 Å². The second-order valence-corrected chi connectivity index (χ2v) is 16.1. The van der Waals surface area contributed by atoms with Crippen molar-refractivity contribution in [3.63, 3.8) is 0 Å². The zero-order chi connectivity index (χ0) is 48.6. The van der Waals surface area contributed by atoms with E-state index in [4.69, 9.17) is 11.1 Å². The second-order valence-electron chi connectivity index (χ2n) is 14.5. The molecule has 0 radical (unpaired) electrons. The van der Waals surface area contributed by atoms with Crippen molar-refractivity contribution in [1.82, 2.24) is 70.1 Å². The molecule has 21 heteroatoms. The Hall–Kier alpha value is -7.65. The average molecular weight is 1030 g/mol. The Morgan fingerprint density at radius 1 is 0.627 bits per heavy atom. The van der Waals surface area contributed by atoms with Gasteiger partial charge in [0.2, 0.25) is 4.60 Å². The highest BCUT2D eigenvalue weighted by atomic mass is 79.9. The Labute approximate surface area is 404 Å². The molecule has 7 aromatic heterocycles. The van der Waals surface area contributed by atoms with Crippen molar-refractivity contribution in [3.05, 3.63) is 189 Å². The molecule has 0 atom stereocenters. The first-order chi connectivity index (χ1) is 32.2. The van der Waals surface area contributed by atoms with E-state index < -0.39 is 4.92 Å². The highest BCUT2D eigenvalue weighted by Crippen LogP contribution is 2.22. The lowest BCUT2D eigenvalue weighted by Gasteiger charge is -2.10. The number of H-pyrrole nitrogens is 1. The number of aromatic amines is 1. The van der Waals surface area contributed by atoms with Crippen molar-refractivity contribution in [3.8, 4) is 22.8 Å². The highest BCUT2D eigenvalue weighted by molar-refractivity contribution is 9.10. The predicted octanol–water partition coefficient (Wildman–Crippen LogP) is 10.3. The number of hydrogen-bond donors (Lipinski definition) is 3. The van der Waals surface area contributed by atoms with Crippen LogP contribution in [0.2, 0.25) is 0 Å². The summed E-state index contributed by atoms with van der Waals surface area (Å²) in [5.74, 6) is 0.360. The van der Waals surface area contributed by atoms with Crippen molar-refractivity contribution in [2.45, 2.75) is 59.7 Å². The van der Waals surface area contributed by atoms with Gasteiger partial charge in [0.05, 0.1) is 47.6 Å². The van der Waals surface area contributed by atoms with Crippen LogP contribution in [0, 0.1) is 15.5 Å². The molecular weight excluding hydrogens is 982 g/mol. The predicted molar refractivity (Wildman–Crippen MR) is 266 cm³/mol. The van der Waals surface area contributed by atoms with Crippen LogP contribution < -0.4 is 5.73 Å². The molecule has 0 spiro atoms. The molecule has 67 heavy (non-hydrogen) atoms. The van der Waals surface area contributed by atoms with E-state index in [9.17, 15) is 10.1 Å². The third-order valence-electron chi connectivity index (χ3n) is 8.55. The van der Waals surface area contributed by atoms with Gasteiger partial charge >= 0.3 is 5.82 Å². The minimum atomic E-state index is -0.537. The number of aromatic nitrogens is 14. The van der Waals surface area contributed by atoms with Gasteiger partial charge in [-0.1, -0.05) is 83.2 Å². The summed E-state index contributed by atoms with van der Waals surface area (Å²) in [6.45, 7) is 12.4. The van der Waals surface area contributed by atoms with Gasteiger partial charge in [-0.3, -0.25) is 14.8 Å². The van der Waals surface area contributed by atoms with Crippen LogP contribution in [0.4, 0.5) is 11.6 Å². The maximum Gasteiger partial charge on any atom is 0.364 e. The summed E-state index contributed by atoms with van der Waals surface area (Å²) in [6.07, 6.45) is 10.2. The number of hydrogen-bond acceptors (Lipinski definition) is 14. The van der Waals surface area contributed by atoms with Crippen LogP contribution in [0.15, 0.2) is 168 Å². The number of pyridine rings is 3. The summed E-state index contributed by atoms with van der Waals surface area (Å²) in [4.78, 5) is 21.8. The lowest BCUT2D eigenvalue weighted by atomic mass is 10.0. The minimum Gasteiger partial charge on any atom is -0.384 e. The molecule has 0 aliphatic heterocycles. The van der Waals surface area contributed by atoms with E-state index in [1.165, 1.54) is 6.07 Å². The SMILES string of the molecule is CC(C)n1ccnn1.CC(C)n1nccc1-c1cccc(Br)n1.CC(C)n1nncc1-c1cccc(N)n1.N=C(c1ccccc1)c1ccccc1.O=[N+]([O-])c1cccc(Br)n1.c1cn[nH]n1. The molecule has 9 aromatic rings. The number of nitrogen functional groups attached to an aromatic ring is 1. The van der Waals surface area contributed by atoms with Crippen LogP contribution in [0.5, 0.6) is 0 Å². The molecule has 0 aliphatic carbocycles. The number of nitro groups is 1. The lowest BCUT2D eigenvalue weighted by Crippen LogP contribution is -2.06. The third kappa shape index (κ3) is 17.7. The van der Waals surface area contributed by atoms with Gasteiger partial charge in [0.15, 0.2) is 0 Å². The zero-order valence-corrected chi connectivity index (χ0v) is 40.8. The smallest absolute Gasteiger partial charge is 0.364 e. The van der Waals surface area contributed by atoms with Gasteiger partial charge in [0.1, 0.15) is 16.1 Å².